The molecule has 1 N–H and O–H groups in total. The highest BCUT2D eigenvalue weighted by molar-refractivity contribution is 5.96. The van der Waals surface area contributed by atoms with Crippen LogP contribution in [0.5, 0.6) is 0 Å². The molecule has 7 nitrogen and oxygen atoms in total. The van der Waals surface area contributed by atoms with E-state index in [4.69, 9.17) is 4.74 Å². The van der Waals surface area contributed by atoms with E-state index in [0.29, 0.717) is 42.2 Å². The fourth-order valence-electron chi connectivity index (χ4n) is 5.71. The Bertz CT molecular complexity index is 1340. The number of amides is 1. The quantitative estimate of drug-likeness (QED) is 0.543. The van der Waals surface area contributed by atoms with Gasteiger partial charge >= 0.3 is 5.97 Å². The summed E-state index contributed by atoms with van der Waals surface area (Å²) in [5.74, 6) is -1.70. The van der Waals surface area contributed by atoms with Gasteiger partial charge in [0, 0.05) is 18.0 Å². The van der Waals surface area contributed by atoms with Crippen LogP contribution in [-0.4, -0.2) is 57.0 Å². The van der Waals surface area contributed by atoms with Crippen LogP contribution in [0, 0.1) is 5.82 Å². The van der Waals surface area contributed by atoms with Crippen molar-refractivity contribution in [3.63, 3.8) is 0 Å². The lowest BCUT2D eigenvalue weighted by atomic mass is 9.97. The molecule has 2 saturated carbocycles. The Morgan fingerprint density at radius 3 is 2.61 bits per heavy atom. The molecule has 3 fully saturated rings. The summed E-state index contributed by atoms with van der Waals surface area (Å²) >= 11 is 0. The van der Waals surface area contributed by atoms with Crippen LogP contribution < -0.4 is 0 Å². The van der Waals surface area contributed by atoms with E-state index in [-0.39, 0.29) is 28.6 Å². The van der Waals surface area contributed by atoms with Crippen molar-refractivity contribution in [1.29, 1.82) is 0 Å². The Hall–Kier alpha value is -3.52. The first-order chi connectivity index (χ1) is 17.5. The number of aromatic nitrogens is 2. The van der Waals surface area contributed by atoms with Gasteiger partial charge in [-0.25, -0.2) is 13.9 Å². The summed E-state index contributed by atoms with van der Waals surface area (Å²) in [6.07, 6.45) is 7.28. The highest BCUT2D eigenvalue weighted by Gasteiger charge is 2.41. The Kier molecular flexibility index (Phi) is 5.63. The SMILES string of the molecule is O=C(O)c1cnn(-c2cccc(-c3cccc(C(=O)N4CCOC5(CCCC5)C4)c3F)c2)c1C1CC1. The summed E-state index contributed by atoms with van der Waals surface area (Å²) < 4.78 is 23.5. The minimum Gasteiger partial charge on any atom is -0.478 e. The molecule has 1 aromatic heterocycles. The molecule has 1 aliphatic heterocycles. The van der Waals surface area contributed by atoms with E-state index in [1.54, 1.807) is 46.0 Å². The van der Waals surface area contributed by atoms with E-state index >= 15 is 4.39 Å². The van der Waals surface area contributed by atoms with Crippen LogP contribution in [0.1, 0.15) is 70.9 Å². The highest BCUT2D eigenvalue weighted by Crippen LogP contribution is 2.43. The minimum absolute atomic E-state index is 0.0545. The smallest absolute Gasteiger partial charge is 0.339 e. The number of ether oxygens (including phenoxy) is 1. The number of benzene rings is 2. The molecule has 0 unspecified atom stereocenters. The Morgan fingerprint density at radius 2 is 1.86 bits per heavy atom. The number of hydrogen-bond acceptors (Lipinski definition) is 4. The molecule has 1 spiro atoms. The predicted molar refractivity (Wildman–Crippen MR) is 131 cm³/mol. The van der Waals surface area contributed by atoms with E-state index in [0.717, 1.165) is 38.5 Å². The van der Waals surface area contributed by atoms with Crippen LogP contribution in [-0.2, 0) is 4.74 Å². The lowest BCUT2D eigenvalue weighted by molar-refractivity contribution is -0.0949. The van der Waals surface area contributed by atoms with Gasteiger partial charge in [0.15, 0.2) is 0 Å². The first-order valence-electron chi connectivity index (χ1n) is 12.6. The average Bonchev–Trinajstić information content (AvgIpc) is 3.47. The number of carboxylic acids is 1. The van der Waals surface area contributed by atoms with Gasteiger partial charge in [0.25, 0.3) is 5.91 Å². The molecular formula is C28H28FN3O4. The number of carbonyl (C=O) groups is 2. The van der Waals surface area contributed by atoms with Crippen LogP contribution >= 0.6 is 0 Å². The molecule has 3 aliphatic rings. The standard InChI is InChI=1S/C28H28FN3O4/c29-24-21(7-4-8-22(24)26(33)31-13-14-36-28(17-31)11-1-2-12-28)19-5-3-6-20(15-19)32-25(18-9-10-18)23(16-30-32)27(34)35/h3-8,15-16,18H,1-2,9-14,17H2,(H,34,35). The van der Waals surface area contributed by atoms with Gasteiger partial charge < -0.3 is 14.7 Å². The van der Waals surface area contributed by atoms with Crippen LogP contribution in [0.4, 0.5) is 4.39 Å². The molecule has 186 valence electrons. The normalized spacial score (nSPS) is 19.1. The summed E-state index contributed by atoms with van der Waals surface area (Å²) in [7, 11) is 0. The molecule has 0 atom stereocenters. The maximum absolute atomic E-state index is 15.8. The first kappa shape index (κ1) is 22.9. The predicted octanol–water partition coefficient (Wildman–Crippen LogP) is 5.04. The van der Waals surface area contributed by atoms with Gasteiger partial charge in [0.05, 0.1) is 41.9 Å². The third-order valence-corrected chi connectivity index (χ3v) is 7.68. The van der Waals surface area contributed by atoms with Gasteiger partial charge in [0.1, 0.15) is 11.4 Å². The van der Waals surface area contributed by atoms with E-state index in [9.17, 15) is 14.7 Å². The Morgan fingerprint density at radius 1 is 1.08 bits per heavy atom. The fraction of sp³-hybridized carbons (Fsp3) is 0.393. The van der Waals surface area contributed by atoms with Crippen molar-refractivity contribution in [2.24, 2.45) is 0 Å². The maximum Gasteiger partial charge on any atom is 0.339 e. The van der Waals surface area contributed by atoms with E-state index in [1.165, 1.54) is 6.20 Å². The maximum atomic E-state index is 15.8. The average molecular weight is 490 g/mol. The van der Waals surface area contributed by atoms with Gasteiger partial charge in [-0.3, -0.25) is 4.79 Å². The number of hydrogen-bond donors (Lipinski definition) is 1. The zero-order valence-electron chi connectivity index (χ0n) is 20.0. The van der Waals surface area contributed by atoms with Gasteiger partial charge in [-0.2, -0.15) is 5.10 Å². The van der Waals surface area contributed by atoms with Crippen molar-refractivity contribution in [2.75, 3.05) is 19.7 Å². The van der Waals surface area contributed by atoms with Crippen LogP contribution in [0.2, 0.25) is 0 Å². The monoisotopic (exact) mass is 489 g/mol. The molecule has 6 rings (SSSR count). The van der Waals surface area contributed by atoms with E-state index in [2.05, 4.69) is 5.10 Å². The first-order valence-corrected chi connectivity index (χ1v) is 12.6. The lowest BCUT2D eigenvalue weighted by Crippen LogP contribution is -2.52. The molecule has 1 saturated heterocycles. The van der Waals surface area contributed by atoms with Gasteiger partial charge in [-0.15, -0.1) is 0 Å². The number of rotatable bonds is 5. The minimum atomic E-state index is -1.00. The Labute approximate surface area is 208 Å². The zero-order chi connectivity index (χ0) is 24.9. The van der Waals surface area contributed by atoms with Crippen molar-refractivity contribution in [2.45, 2.75) is 50.0 Å². The topological polar surface area (TPSA) is 84.7 Å². The zero-order valence-corrected chi connectivity index (χ0v) is 20.0. The van der Waals surface area contributed by atoms with Gasteiger partial charge in [-0.05, 0) is 49.4 Å². The number of nitrogens with zero attached hydrogens (tertiary/aromatic N) is 3. The van der Waals surface area contributed by atoms with Gasteiger partial charge in [-0.1, -0.05) is 37.1 Å². The van der Waals surface area contributed by atoms with Crippen molar-refractivity contribution < 1.29 is 23.8 Å². The number of morpholine rings is 1. The van der Waals surface area contributed by atoms with Crippen molar-refractivity contribution >= 4 is 11.9 Å². The summed E-state index contributed by atoms with van der Waals surface area (Å²) in [5.41, 5.74) is 2.24. The molecule has 2 aliphatic carbocycles. The summed E-state index contributed by atoms with van der Waals surface area (Å²) in [4.78, 5) is 26.8. The number of aromatic carboxylic acids is 1. The third kappa shape index (κ3) is 3.99. The molecule has 36 heavy (non-hydrogen) atoms. The summed E-state index contributed by atoms with van der Waals surface area (Å²) in [6.45, 7) is 1.43. The van der Waals surface area contributed by atoms with Crippen LogP contribution in [0.25, 0.3) is 16.8 Å². The largest absolute Gasteiger partial charge is 0.478 e. The van der Waals surface area contributed by atoms with E-state index in [1.807, 2.05) is 6.07 Å². The molecule has 2 aromatic carbocycles. The fourth-order valence-corrected chi connectivity index (χ4v) is 5.71. The van der Waals surface area contributed by atoms with Crippen LogP contribution in [0.15, 0.2) is 48.7 Å². The molecule has 2 heterocycles. The second kappa shape index (κ2) is 8.85. The lowest BCUT2D eigenvalue weighted by Gasteiger charge is -2.40. The van der Waals surface area contributed by atoms with Gasteiger partial charge in [0.2, 0.25) is 0 Å². The Balaban J connectivity index is 1.32. The number of halogens is 1. The second-order valence-electron chi connectivity index (χ2n) is 10.1. The highest BCUT2D eigenvalue weighted by atomic mass is 19.1. The van der Waals surface area contributed by atoms with E-state index < -0.39 is 11.8 Å². The second-order valence-corrected chi connectivity index (χ2v) is 10.1. The molecular weight excluding hydrogens is 461 g/mol. The van der Waals surface area contributed by atoms with Crippen molar-refractivity contribution in [3.8, 4) is 16.8 Å². The number of carboxylic acid groups (broad SMARTS) is 1. The summed E-state index contributed by atoms with van der Waals surface area (Å²) in [6, 6.07) is 12.1. The third-order valence-electron chi connectivity index (χ3n) is 7.68. The molecule has 3 aromatic rings. The molecule has 8 heteroatoms. The van der Waals surface area contributed by atoms with Crippen molar-refractivity contribution in [1.82, 2.24) is 14.7 Å². The molecule has 1 amide bonds. The molecule has 0 radical (unpaired) electrons. The van der Waals surface area contributed by atoms with Crippen LogP contribution in [0.3, 0.4) is 0 Å². The number of carbonyl (C=O) groups excluding carboxylic acids is 1. The summed E-state index contributed by atoms with van der Waals surface area (Å²) in [5, 5.41) is 13.9. The molecule has 0 bridgehead atoms. The van der Waals surface area contributed by atoms with Crippen molar-refractivity contribution in [3.05, 3.63) is 71.3 Å².